The van der Waals surface area contributed by atoms with Crippen molar-refractivity contribution in [3.8, 4) is 11.5 Å². The van der Waals surface area contributed by atoms with Gasteiger partial charge in [0.05, 0.1) is 18.2 Å². The van der Waals surface area contributed by atoms with Crippen molar-refractivity contribution in [2.24, 2.45) is 5.73 Å². The van der Waals surface area contributed by atoms with Crippen molar-refractivity contribution in [1.82, 2.24) is 0 Å². The quantitative estimate of drug-likeness (QED) is 0.744. The lowest BCUT2D eigenvalue weighted by molar-refractivity contribution is 0.108. The van der Waals surface area contributed by atoms with E-state index in [1.165, 1.54) is 0 Å². The van der Waals surface area contributed by atoms with Gasteiger partial charge in [-0.05, 0) is 53.9 Å². The number of benzene rings is 1. The number of halogens is 1. The maximum absolute atomic E-state index is 5.81. The van der Waals surface area contributed by atoms with Gasteiger partial charge in [0.1, 0.15) is 6.61 Å². The van der Waals surface area contributed by atoms with Crippen LogP contribution in [0.3, 0.4) is 0 Å². The number of rotatable bonds is 8. The van der Waals surface area contributed by atoms with Crippen LogP contribution in [0.2, 0.25) is 0 Å². The molecular weight excluding hydrogens is 310 g/mol. The van der Waals surface area contributed by atoms with Gasteiger partial charge in [0.25, 0.3) is 0 Å². The number of nitrogens with two attached hydrogens (primary N) is 1. The van der Waals surface area contributed by atoms with Crippen LogP contribution in [0.4, 0.5) is 0 Å². The fourth-order valence-corrected chi connectivity index (χ4v) is 2.35. The van der Waals surface area contributed by atoms with E-state index in [1.54, 1.807) is 7.11 Å². The molecule has 5 heteroatoms. The van der Waals surface area contributed by atoms with Crippen LogP contribution in [-0.2, 0) is 11.2 Å². The predicted octanol–water partition coefficient (Wildman–Crippen LogP) is 2.76. The second-order valence-electron chi connectivity index (χ2n) is 4.34. The minimum Gasteiger partial charge on any atom is -0.493 e. The maximum atomic E-state index is 5.81. The van der Waals surface area contributed by atoms with Crippen molar-refractivity contribution in [2.45, 2.75) is 26.3 Å². The summed E-state index contributed by atoms with van der Waals surface area (Å²) in [6, 6.07) is 4.09. The summed E-state index contributed by atoms with van der Waals surface area (Å²) in [5.41, 5.74) is 6.93. The van der Waals surface area contributed by atoms with Crippen molar-refractivity contribution >= 4 is 15.9 Å². The molecule has 0 bridgehead atoms. The molecule has 0 fully saturated rings. The molecule has 4 nitrogen and oxygen atoms in total. The predicted molar refractivity (Wildman–Crippen MR) is 80.0 cm³/mol. The molecule has 0 radical (unpaired) electrons. The van der Waals surface area contributed by atoms with Crippen molar-refractivity contribution in [1.29, 1.82) is 0 Å². The zero-order chi connectivity index (χ0) is 14.3. The minimum absolute atomic E-state index is 0.112. The van der Waals surface area contributed by atoms with Gasteiger partial charge < -0.3 is 19.9 Å². The molecule has 0 aromatic heterocycles. The van der Waals surface area contributed by atoms with Crippen LogP contribution in [0.5, 0.6) is 11.5 Å². The Bertz CT molecular complexity index is 397. The maximum Gasteiger partial charge on any atom is 0.175 e. The molecule has 108 valence electrons. The van der Waals surface area contributed by atoms with Gasteiger partial charge in [-0.1, -0.05) is 0 Å². The number of methoxy groups -OCH3 is 1. The summed E-state index contributed by atoms with van der Waals surface area (Å²) in [7, 11) is 1.63. The summed E-state index contributed by atoms with van der Waals surface area (Å²) < 4.78 is 17.2. The lowest BCUT2D eigenvalue weighted by Gasteiger charge is -2.15. The normalized spacial score (nSPS) is 12.3. The van der Waals surface area contributed by atoms with Crippen LogP contribution < -0.4 is 15.2 Å². The van der Waals surface area contributed by atoms with Crippen LogP contribution in [0.25, 0.3) is 0 Å². The minimum atomic E-state index is 0.112. The zero-order valence-electron chi connectivity index (χ0n) is 11.7. The Labute approximate surface area is 123 Å². The van der Waals surface area contributed by atoms with Gasteiger partial charge in [-0.25, -0.2) is 0 Å². The van der Waals surface area contributed by atoms with E-state index in [0.717, 1.165) is 16.5 Å². The Kier molecular flexibility index (Phi) is 7.20. The van der Waals surface area contributed by atoms with Crippen molar-refractivity contribution < 1.29 is 14.2 Å². The van der Waals surface area contributed by atoms with Crippen LogP contribution in [0.1, 0.15) is 19.4 Å². The molecule has 2 N–H and O–H groups in total. The smallest absolute Gasteiger partial charge is 0.175 e. The molecule has 0 heterocycles. The molecule has 1 unspecified atom stereocenters. The first kappa shape index (κ1) is 16.3. The summed E-state index contributed by atoms with van der Waals surface area (Å²) in [5.74, 6) is 1.41. The lowest BCUT2D eigenvalue weighted by atomic mass is 10.1. The van der Waals surface area contributed by atoms with E-state index in [-0.39, 0.29) is 6.04 Å². The standard InChI is InChI=1S/C14H22BrNO3/c1-4-18-5-6-19-14-12(15)8-11(7-10(2)16)9-13(14)17-3/h8-10H,4-7,16H2,1-3H3. The lowest BCUT2D eigenvalue weighted by Crippen LogP contribution is -2.17. The Morgan fingerprint density at radius 3 is 2.63 bits per heavy atom. The molecule has 0 saturated heterocycles. The average Bonchev–Trinajstić information content (AvgIpc) is 2.35. The van der Waals surface area contributed by atoms with Crippen molar-refractivity contribution in [3.05, 3.63) is 22.2 Å². The molecule has 1 aromatic carbocycles. The Morgan fingerprint density at radius 1 is 1.32 bits per heavy atom. The van der Waals surface area contributed by atoms with E-state index in [1.807, 2.05) is 26.0 Å². The van der Waals surface area contributed by atoms with Crippen LogP contribution in [-0.4, -0.2) is 33.0 Å². The van der Waals surface area contributed by atoms with Crippen LogP contribution >= 0.6 is 15.9 Å². The molecule has 0 spiro atoms. The van der Waals surface area contributed by atoms with Crippen molar-refractivity contribution in [3.63, 3.8) is 0 Å². The molecule has 0 aliphatic heterocycles. The molecule has 1 aromatic rings. The van der Waals surface area contributed by atoms with Gasteiger partial charge in [0.15, 0.2) is 11.5 Å². The van der Waals surface area contributed by atoms with Crippen LogP contribution in [0, 0.1) is 0 Å². The largest absolute Gasteiger partial charge is 0.493 e. The highest BCUT2D eigenvalue weighted by Crippen LogP contribution is 2.36. The van der Waals surface area contributed by atoms with Crippen molar-refractivity contribution in [2.75, 3.05) is 26.9 Å². The second kappa shape index (κ2) is 8.40. The summed E-state index contributed by atoms with van der Waals surface area (Å²) >= 11 is 3.51. The first-order chi connectivity index (χ1) is 9.08. The van der Waals surface area contributed by atoms with Gasteiger partial charge in [-0.15, -0.1) is 0 Å². The molecule has 1 atom stereocenters. The first-order valence-electron chi connectivity index (χ1n) is 6.41. The van der Waals surface area contributed by atoms with Gasteiger partial charge >= 0.3 is 0 Å². The first-order valence-corrected chi connectivity index (χ1v) is 7.20. The van der Waals surface area contributed by atoms with Gasteiger partial charge in [0, 0.05) is 12.6 Å². The second-order valence-corrected chi connectivity index (χ2v) is 5.19. The highest BCUT2D eigenvalue weighted by Gasteiger charge is 2.12. The molecule has 19 heavy (non-hydrogen) atoms. The Balaban J connectivity index is 2.79. The molecule has 1 rings (SSSR count). The van der Waals surface area contributed by atoms with E-state index >= 15 is 0 Å². The molecule has 0 aliphatic carbocycles. The third kappa shape index (κ3) is 5.38. The van der Waals surface area contributed by atoms with Gasteiger partial charge in [-0.3, -0.25) is 0 Å². The highest BCUT2D eigenvalue weighted by atomic mass is 79.9. The third-order valence-electron chi connectivity index (χ3n) is 2.53. The van der Waals surface area contributed by atoms with Gasteiger partial charge in [0.2, 0.25) is 0 Å². The highest BCUT2D eigenvalue weighted by molar-refractivity contribution is 9.10. The number of ether oxygens (including phenoxy) is 3. The third-order valence-corrected chi connectivity index (χ3v) is 3.11. The Morgan fingerprint density at radius 2 is 2.05 bits per heavy atom. The molecule has 0 saturated carbocycles. The topological polar surface area (TPSA) is 53.7 Å². The van der Waals surface area contributed by atoms with Gasteiger partial charge in [-0.2, -0.15) is 0 Å². The number of hydrogen-bond acceptors (Lipinski definition) is 4. The zero-order valence-corrected chi connectivity index (χ0v) is 13.3. The summed E-state index contributed by atoms with van der Waals surface area (Å²) in [4.78, 5) is 0. The van der Waals surface area contributed by atoms with E-state index in [9.17, 15) is 0 Å². The molecule has 0 amide bonds. The van der Waals surface area contributed by atoms with E-state index < -0.39 is 0 Å². The van der Waals surface area contributed by atoms with E-state index in [2.05, 4.69) is 15.9 Å². The van der Waals surface area contributed by atoms with E-state index in [0.29, 0.717) is 31.3 Å². The summed E-state index contributed by atoms with van der Waals surface area (Å²) in [5, 5.41) is 0. The SMILES string of the molecule is CCOCCOc1c(Br)cc(CC(C)N)cc1OC. The van der Waals surface area contributed by atoms with E-state index in [4.69, 9.17) is 19.9 Å². The molecule has 0 aliphatic rings. The average molecular weight is 332 g/mol. The van der Waals surface area contributed by atoms with Crippen LogP contribution in [0.15, 0.2) is 16.6 Å². The Hall–Kier alpha value is -0.780. The fourth-order valence-electron chi connectivity index (χ4n) is 1.75. The fraction of sp³-hybridized carbons (Fsp3) is 0.571. The molecular formula is C14H22BrNO3. The summed E-state index contributed by atoms with van der Waals surface area (Å²) in [6.07, 6.45) is 0.800. The monoisotopic (exact) mass is 331 g/mol. The number of hydrogen-bond donors (Lipinski definition) is 1. The summed E-state index contributed by atoms with van der Waals surface area (Å²) in [6.45, 7) is 5.68.